The summed E-state index contributed by atoms with van der Waals surface area (Å²) in [4.78, 5) is 0. The Balaban J connectivity index is 2.12. The zero-order chi connectivity index (χ0) is 10.2. The first-order chi connectivity index (χ1) is 6.86. The van der Waals surface area contributed by atoms with Crippen LogP contribution in [0.4, 0.5) is 0 Å². The highest BCUT2D eigenvalue weighted by atomic mass is 15.3. The van der Waals surface area contributed by atoms with Crippen LogP contribution < -0.4 is 5.73 Å². The van der Waals surface area contributed by atoms with Gasteiger partial charge in [-0.1, -0.05) is 32.6 Å². The fourth-order valence-corrected chi connectivity index (χ4v) is 1.51. The lowest BCUT2D eigenvalue weighted by atomic mass is 10.1. The Morgan fingerprint density at radius 1 is 1.29 bits per heavy atom. The molecule has 0 saturated carbocycles. The van der Waals surface area contributed by atoms with E-state index in [4.69, 9.17) is 5.73 Å². The van der Waals surface area contributed by atoms with Crippen LogP contribution in [0.5, 0.6) is 0 Å². The van der Waals surface area contributed by atoms with Gasteiger partial charge in [-0.05, 0) is 6.42 Å². The number of aryl methyl sites for hydroxylation is 1. The first-order valence-electron chi connectivity index (χ1n) is 5.58. The molecular weight excluding hydrogens is 174 g/mol. The summed E-state index contributed by atoms with van der Waals surface area (Å²) in [7, 11) is 0. The molecule has 3 heteroatoms. The summed E-state index contributed by atoms with van der Waals surface area (Å²) in [6.07, 6.45) is 10.4. The molecule has 2 N–H and O–H groups in total. The zero-order valence-electron chi connectivity index (χ0n) is 9.08. The predicted octanol–water partition coefficient (Wildman–Crippen LogP) is 2.31. The first kappa shape index (κ1) is 11.2. The minimum absolute atomic E-state index is 0.593. The van der Waals surface area contributed by atoms with Gasteiger partial charge in [-0.3, -0.25) is 4.68 Å². The van der Waals surface area contributed by atoms with Gasteiger partial charge in [0.15, 0.2) is 0 Å². The zero-order valence-corrected chi connectivity index (χ0v) is 9.08. The van der Waals surface area contributed by atoms with Gasteiger partial charge >= 0.3 is 0 Å². The second-order valence-corrected chi connectivity index (χ2v) is 3.73. The van der Waals surface area contributed by atoms with E-state index in [9.17, 15) is 0 Å². The quantitative estimate of drug-likeness (QED) is 0.678. The molecule has 0 radical (unpaired) electrons. The van der Waals surface area contributed by atoms with E-state index in [1.807, 2.05) is 17.1 Å². The summed E-state index contributed by atoms with van der Waals surface area (Å²) in [6, 6.07) is 0. The number of hydrogen-bond donors (Lipinski definition) is 1. The van der Waals surface area contributed by atoms with Crippen LogP contribution in [-0.4, -0.2) is 9.78 Å². The van der Waals surface area contributed by atoms with Crippen molar-refractivity contribution in [1.29, 1.82) is 0 Å². The van der Waals surface area contributed by atoms with E-state index in [1.165, 1.54) is 32.1 Å². The maximum atomic E-state index is 5.50. The van der Waals surface area contributed by atoms with E-state index in [1.54, 1.807) is 0 Å². The average Bonchev–Trinajstić information content (AvgIpc) is 2.65. The maximum absolute atomic E-state index is 5.50. The van der Waals surface area contributed by atoms with Crippen molar-refractivity contribution in [2.24, 2.45) is 5.73 Å². The molecule has 0 atom stereocenters. The Hall–Kier alpha value is -0.830. The van der Waals surface area contributed by atoms with E-state index in [0.717, 1.165) is 12.1 Å². The van der Waals surface area contributed by atoms with Crippen LogP contribution >= 0.6 is 0 Å². The number of nitrogens with zero attached hydrogens (tertiary/aromatic N) is 2. The normalized spacial score (nSPS) is 10.7. The van der Waals surface area contributed by atoms with Gasteiger partial charge in [0.2, 0.25) is 0 Å². The van der Waals surface area contributed by atoms with Crippen LogP contribution in [0, 0.1) is 0 Å². The summed E-state index contributed by atoms with van der Waals surface area (Å²) < 4.78 is 1.99. The molecule has 80 valence electrons. The molecule has 0 aliphatic rings. The standard InChI is InChI=1S/C11H21N3/c1-2-3-4-5-6-7-14-10-11(8-12)9-13-14/h9-10H,2-8,12H2,1H3. The third-order valence-corrected chi connectivity index (χ3v) is 2.41. The Bertz CT molecular complexity index is 242. The van der Waals surface area contributed by atoms with Gasteiger partial charge < -0.3 is 5.73 Å². The smallest absolute Gasteiger partial charge is 0.0534 e. The van der Waals surface area contributed by atoms with Gasteiger partial charge in [0.05, 0.1) is 6.20 Å². The van der Waals surface area contributed by atoms with Crippen LogP contribution in [0.1, 0.15) is 44.6 Å². The molecule has 0 fully saturated rings. The largest absolute Gasteiger partial charge is 0.326 e. The SMILES string of the molecule is CCCCCCCn1cc(CN)cn1. The lowest BCUT2D eigenvalue weighted by Gasteiger charge is -2.00. The van der Waals surface area contributed by atoms with Gasteiger partial charge in [0, 0.05) is 24.8 Å². The average molecular weight is 195 g/mol. The second-order valence-electron chi connectivity index (χ2n) is 3.73. The topological polar surface area (TPSA) is 43.8 Å². The molecule has 0 spiro atoms. The third-order valence-electron chi connectivity index (χ3n) is 2.41. The van der Waals surface area contributed by atoms with Crippen LogP contribution in [0.2, 0.25) is 0 Å². The molecule has 0 aromatic carbocycles. The minimum Gasteiger partial charge on any atom is -0.326 e. The predicted molar refractivity (Wildman–Crippen MR) is 58.9 cm³/mol. The number of unbranched alkanes of at least 4 members (excludes halogenated alkanes) is 4. The molecule has 0 bridgehead atoms. The molecule has 1 rings (SSSR count). The van der Waals surface area contributed by atoms with E-state index in [0.29, 0.717) is 6.54 Å². The van der Waals surface area contributed by atoms with Gasteiger partial charge in [-0.25, -0.2) is 0 Å². The van der Waals surface area contributed by atoms with Gasteiger partial charge in [0.1, 0.15) is 0 Å². The Morgan fingerprint density at radius 2 is 2.07 bits per heavy atom. The molecule has 1 heterocycles. The van der Waals surface area contributed by atoms with Crippen LogP contribution in [-0.2, 0) is 13.1 Å². The number of rotatable bonds is 7. The Kier molecular flexibility index (Phi) is 5.30. The molecule has 0 amide bonds. The van der Waals surface area contributed by atoms with Crippen molar-refractivity contribution in [3.8, 4) is 0 Å². The van der Waals surface area contributed by atoms with Crippen molar-refractivity contribution in [2.75, 3.05) is 0 Å². The second kappa shape index (κ2) is 6.60. The highest BCUT2D eigenvalue weighted by Crippen LogP contribution is 2.04. The van der Waals surface area contributed by atoms with E-state index < -0.39 is 0 Å². The van der Waals surface area contributed by atoms with Crippen molar-refractivity contribution in [3.05, 3.63) is 18.0 Å². The fraction of sp³-hybridized carbons (Fsp3) is 0.727. The maximum Gasteiger partial charge on any atom is 0.0534 e. The Labute approximate surface area is 86.3 Å². The van der Waals surface area contributed by atoms with E-state index in [2.05, 4.69) is 12.0 Å². The molecule has 0 unspecified atom stereocenters. The molecule has 14 heavy (non-hydrogen) atoms. The number of hydrogen-bond acceptors (Lipinski definition) is 2. The summed E-state index contributed by atoms with van der Waals surface area (Å²) in [6.45, 7) is 3.86. The molecule has 0 aliphatic carbocycles. The van der Waals surface area contributed by atoms with Crippen molar-refractivity contribution in [1.82, 2.24) is 9.78 Å². The van der Waals surface area contributed by atoms with Gasteiger partial charge in [0.25, 0.3) is 0 Å². The molecule has 3 nitrogen and oxygen atoms in total. The minimum atomic E-state index is 0.593. The van der Waals surface area contributed by atoms with Crippen LogP contribution in [0.25, 0.3) is 0 Å². The number of nitrogens with two attached hydrogens (primary N) is 1. The third kappa shape index (κ3) is 3.92. The van der Waals surface area contributed by atoms with E-state index in [-0.39, 0.29) is 0 Å². The van der Waals surface area contributed by atoms with Crippen LogP contribution in [0.3, 0.4) is 0 Å². The summed E-state index contributed by atoms with van der Waals surface area (Å²) >= 11 is 0. The lowest BCUT2D eigenvalue weighted by Crippen LogP contribution is -1.98. The molecule has 0 aliphatic heterocycles. The lowest BCUT2D eigenvalue weighted by molar-refractivity contribution is 0.533. The highest BCUT2D eigenvalue weighted by molar-refractivity contribution is 5.02. The summed E-state index contributed by atoms with van der Waals surface area (Å²) in [5, 5.41) is 4.24. The molecular formula is C11H21N3. The van der Waals surface area contributed by atoms with Gasteiger partial charge in [-0.15, -0.1) is 0 Å². The van der Waals surface area contributed by atoms with E-state index >= 15 is 0 Å². The summed E-state index contributed by atoms with van der Waals surface area (Å²) in [5.74, 6) is 0. The summed E-state index contributed by atoms with van der Waals surface area (Å²) in [5.41, 5.74) is 6.63. The molecule has 1 aromatic heterocycles. The Morgan fingerprint density at radius 3 is 2.71 bits per heavy atom. The number of aromatic nitrogens is 2. The van der Waals surface area contributed by atoms with Crippen molar-refractivity contribution >= 4 is 0 Å². The first-order valence-corrected chi connectivity index (χ1v) is 5.58. The van der Waals surface area contributed by atoms with Crippen molar-refractivity contribution < 1.29 is 0 Å². The van der Waals surface area contributed by atoms with Crippen molar-refractivity contribution in [2.45, 2.75) is 52.1 Å². The van der Waals surface area contributed by atoms with Crippen LogP contribution in [0.15, 0.2) is 12.4 Å². The molecule has 1 aromatic rings. The van der Waals surface area contributed by atoms with Crippen molar-refractivity contribution in [3.63, 3.8) is 0 Å². The molecule has 0 saturated heterocycles. The monoisotopic (exact) mass is 195 g/mol. The van der Waals surface area contributed by atoms with Gasteiger partial charge in [-0.2, -0.15) is 5.10 Å². The fourth-order valence-electron chi connectivity index (χ4n) is 1.51. The highest BCUT2D eigenvalue weighted by Gasteiger charge is 1.95.